The second kappa shape index (κ2) is 6.95. The van der Waals surface area contributed by atoms with Crippen molar-refractivity contribution in [1.82, 2.24) is 9.88 Å². The number of aromatic nitrogens is 1. The van der Waals surface area contributed by atoms with Crippen molar-refractivity contribution < 1.29 is 8.42 Å². The van der Waals surface area contributed by atoms with Crippen LogP contribution in [0.15, 0.2) is 18.5 Å². The minimum atomic E-state index is -2.84. The van der Waals surface area contributed by atoms with Gasteiger partial charge in [0.25, 0.3) is 0 Å². The molecule has 0 fully saturated rings. The van der Waals surface area contributed by atoms with Gasteiger partial charge in [0.1, 0.15) is 9.84 Å². The van der Waals surface area contributed by atoms with Gasteiger partial charge < -0.3 is 9.88 Å². The van der Waals surface area contributed by atoms with Gasteiger partial charge >= 0.3 is 0 Å². The standard InChI is InChI=1S/C13H24N2O2S/c1-4-6-13(14-2)12-7-9-15(11-12)8-5-10-18(3,16)17/h7,9,11,13-14H,4-6,8,10H2,1-3H3. The monoisotopic (exact) mass is 272 g/mol. The van der Waals surface area contributed by atoms with E-state index in [9.17, 15) is 8.42 Å². The number of aryl methyl sites for hydroxylation is 1. The summed E-state index contributed by atoms with van der Waals surface area (Å²) in [6, 6.07) is 2.50. The van der Waals surface area contributed by atoms with Crippen molar-refractivity contribution in [3.8, 4) is 0 Å². The van der Waals surface area contributed by atoms with E-state index in [1.54, 1.807) is 0 Å². The van der Waals surface area contributed by atoms with Crippen molar-refractivity contribution in [2.45, 2.75) is 38.8 Å². The second-order valence-electron chi connectivity index (χ2n) is 4.80. The first-order valence-electron chi connectivity index (χ1n) is 6.47. The molecule has 0 radical (unpaired) electrons. The summed E-state index contributed by atoms with van der Waals surface area (Å²) < 4.78 is 24.2. The van der Waals surface area contributed by atoms with E-state index in [1.807, 2.05) is 13.2 Å². The maximum atomic E-state index is 11.0. The SMILES string of the molecule is CCCC(NC)c1ccn(CCCS(C)(=O)=O)c1. The molecule has 1 unspecified atom stereocenters. The fourth-order valence-corrected chi connectivity index (χ4v) is 2.73. The zero-order valence-corrected chi connectivity index (χ0v) is 12.3. The Bertz CT molecular complexity index is 451. The van der Waals surface area contributed by atoms with Crippen LogP contribution in [0.2, 0.25) is 0 Å². The first-order chi connectivity index (χ1) is 8.46. The normalized spacial score (nSPS) is 13.7. The molecule has 0 saturated heterocycles. The summed E-state index contributed by atoms with van der Waals surface area (Å²) in [4.78, 5) is 0. The average Bonchev–Trinajstić information content (AvgIpc) is 2.72. The van der Waals surface area contributed by atoms with E-state index in [4.69, 9.17) is 0 Å². The lowest BCUT2D eigenvalue weighted by Gasteiger charge is -2.13. The Labute approximate surface area is 110 Å². The summed E-state index contributed by atoms with van der Waals surface area (Å²) in [6.07, 6.45) is 8.35. The molecule has 0 spiro atoms. The Morgan fingerprint density at radius 3 is 2.72 bits per heavy atom. The van der Waals surface area contributed by atoms with E-state index in [1.165, 1.54) is 11.8 Å². The Balaban J connectivity index is 2.52. The molecule has 1 rings (SSSR count). The van der Waals surface area contributed by atoms with Gasteiger partial charge in [0, 0.05) is 31.2 Å². The first-order valence-corrected chi connectivity index (χ1v) is 8.53. The summed E-state index contributed by atoms with van der Waals surface area (Å²) >= 11 is 0. The van der Waals surface area contributed by atoms with Gasteiger partial charge in [-0.05, 0) is 31.5 Å². The molecule has 5 heteroatoms. The predicted octanol–water partition coefficient (Wildman–Crippen LogP) is 1.98. The van der Waals surface area contributed by atoms with Gasteiger partial charge in [0.15, 0.2) is 0 Å². The van der Waals surface area contributed by atoms with Crippen molar-refractivity contribution in [1.29, 1.82) is 0 Å². The lowest BCUT2D eigenvalue weighted by atomic mass is 10.1. The highest BCUT2D eigenvalue weighted by Crippen LogP contribution is 2.18. The van der Waals surface area contributed by atoms with Crippen LogP contribution < -0.4 is 5.32 Å². The highest BCUT2D eigenvalue weighted by Gasteiger charge is 2.09. The number of hydrogen-bond donors (Lipinski definition) is 1. The van der Waals surface area contributed by atoms with E-state index in [0.29, 0.717) is 12.5 Å². The smallest absolute Gasteiger partial charge is 0.147 e. The van der Waals surface area contributed by atoms with Crippen LogP contribution in [0.1, 0.15) is 37.8 Å². The molecule has 0 aliphatic rings. The van der Waals surface area contributed by atoms with Crippen molar-refractivity contribution in [3.05, 3.63) is 24.0 Å². The number of sulfone groups is 1. The van der Waals surface area contributed by atoms with Crippen LogP contribution >= 0.6 is 0 Å². The molecule has 0 aliphatic heterocycles. The van der Waals surface area contributed by atoms with E-state index in [-0.39, 0.29) is 5.75 Å². The van der Waals surface area contributed by atoms with Crippen LogP contribution in [0.25, 0.3) is 0 Å². The Morgan fingerprint density at radius 2 is 2.17 bits per heavy atom. The number of nitrogens with zero attached hydrogens (tertiary/aromatic N) is 1. The van der Waals surface area contributed by atoms with Gasteiger partial charge in [-0.25, -0.2) is 8.42 Å². The number of hydrogen-bond acceptors (Lipinski definition) is 3. The molecule has 1 aromatic rings. The molecule has 1 atom stereocenters. The van der Waals surface area contributed by atoms with Gasteiger partial charge in [0.2, 0.25) is 0 Å². The van der Waals surface area contributed by atoms with E-state index in [0.717, 1.165) is 19.4 Å². The van der Waals surface area contributed by atoms with Crippen LogP contribution in [-0.4, -0.2) is 32.0 Å². The summed E-state index contributed by atoms with van der Waals surface area (Å²) in [5, 5.41) is 3.30. The topological polar surface area (TPSA) is 51.1 Å². The fraction of sp³-hybridized carbons (Fsp3) is 0.692. The summed E-state index contributed by atoms with van der Waals surface area (Å²) in [7, 11) is -0.869. The largest absolute Gasteiger partial charge is 0.354 e. The molecule has 0 amide bonds. The third kappa shape index (κ3) is 5.23. The second-order valence-corrected chi connectivity index (χ2v) is 7.06. The molecule has 0 aliphatic carbocycles. The van der Waals surface area contributed by atoms with Gasteiger partial charge in [-0.15, -0.1) is 0 Å². The molecular formula is C13H24N2O2S. The zero-order valence-electron chi connectivity index (χ0n) is 11.5. The van der Waals surface area contributed by atoms with Crippen molar-refractivity contribution in [2.24, 2.45) is 0 Å². The maximum absolute atomic E-state index is 11.0. The Kier molecular flexibility index (Phi) is 5.88. The van der Waals surface area contributed by atoms with E-state index >= 15 is 0 Å². The Morgan fingerprint density at radius 1 is 1.44 bits per heavy atom. The van der Waals surface area contributed by atoms with Crippen LogP contribution in [0.5, 0.6) is 0 Å². The van der Waals surface area contributed by atoms with Crippen LogP contribution in [-0.2, 0) is 16.4 Å². The molecule has 0 aromatic carbocycles. The molecule has 0 bridgehead atoms. The fourth-order valence-electron chi connectivity index (χ4n) is 2.08. The lowest BCUT2D eigenvalue weighted by molar-refractivity contribution is 0.539. The highest BCUT2D eigenvalue weighted by molar-refractivity contribution is 7.90. The number of nitrogens with one attached hydrogen (secondary N) is 1. The lowest BCUT2D eigenvalue weighted by Crippen LogP contribution is -2.15. The van der Waals surface area contributed by atoms with Crippen LogP contribution in [0.4, 0.5) is 0 Å². The zero-order chi connectivity index (χ0) is 13.6. The van der Waals surface area contributed by atoms with Gasteiger partial charge in [-0.3, -0.25) is 0 Å². The molecular weight excluding hydrogens is 248 g/mol. The molecule has 1 N–H and O–H groups in total. The highest BCUT2D eigenvalue weighted by atomic mass is 32.2. The Hall–Kier alpha value is -0.810. The maximum Gasteiger partial charge on any atom is 0.147 e. The molecule has 1 heterocycles. The van der Waals surface area contributed by atoms with E-state index < -0.39 is 9.84 Å². The van der Waals surface area contributed by atoms with Gasteiger partial charge in [0.05, 0.1) is 5.75 Å². The third-order valence-electron chi connectivity index (χ3n) is 3.03. The molecule has 18 heavy (non-hydrogen) atoms. The molecule has 104 valence electrons. The quantitative estimate of drug-likeness (QED) is 0.787. The summed E-state index contributed by atoms with van der Waals surface area (Å²) in [5.74, 6) is 0.255. The minimum absolute atomic E-state index is 0.255. The van der Waals surface area contributed by atoms with E-state index in [2.05, 4.69) is 29.1 Å². The van der Waals surface area contributed by atoms with Gasteiger partial charge in [-0.1, -0.05) is 13.3 Å². The molecule has 4 nitrogen and oxygen atoms in total. The van der Waals surface area contributed by atoms with Crippen molar-refractivity contribution >= 4 is 9.84 Å². The third-order valence-corrected chi connectivity index (χ3v) is 4.06. The summed E-state index contributed by atoms with van der Waals surface area (Å²) in [6.45, 7) is 2.93. The number of rotatable bonds is 8. The van der Waals surface area contributed by atoms with Gasteiger partial charge in [-0.2, -0.15) is 0 Å². The average molecular weight is 272 g/mol. The van der Waals surface area contributed by atoms with Crippen molar-refractivity contribution in [3.63, 3.8) is 0 Å². The summed E-state index contributed by atoms with van der Waals surface area (Å²) in [5.41, 5.74) is 1.28. The molecule has 0 saturated carbocycles. The minimum Gasteiger partial charge on any atom is -0.354 e. The molecule has 1 aromatic heterocycles. The van der Waals surface area contributed by atoms with Crippen LogP contribution in [0.3, 0.4) is 0 Å². The predicted molar refractivity (Wildman–Crippen MR) is 75.5 cm³/mol. The first kappa shape index (κ1) is 15.2. The van der Waals surface area contributed by atoms with Crippen LogP contribution in [0, 0.1) is 0 Å². The van der Waals surface area contributed by atoms with Crippen molar-refractivity contribution in [2.75, 3.05) is 19.1 Å².